The number of amides is 1. The van der Waals surface area contributed by atoms with Crippen molar-refractivity contribution in [2.75, 3.05) is 12.4 Å². The minimum absolute atomic E-state index is 0.0451. The van der Waals surface area contributed by atoms with Gasteiger partial charge in [0.1, 0.15) is 5.75 Å². The number of benzene rings is 1. The zero-order valence-electron chi connectivity index (χ0n) is 9.13. The minimum Gasteiger partial charge on any atom is -0.495 e. The molecule has 4 heteroatoms. The van der Waals surface area contributed by atoms with Gasteiger partial charge >= 0.3 is 0 Å². The fraction of sp³-hybridized carbons (Fsp3) is 0.250. The maximum absolute atomic E-state index is 11.5. The number of rotatable bonds is 5. The van der Waals surface area contributed by atoms with Crippen LogP contribution in [-0.2, 0) is 4.79 Å². The fourth-order valence-corrected chi connectivity index (χ4v) is 1.58. The summed E-state index contributed by atoms with van der Waals surface area (Å²) < 4.78 is 6.05. The molecule has 0 saturated carbocycles. The first-order chi connectivity index (χ1) is 7.67. The van der Waals surface area contributed by atoms with Gasteiger partial charge in [0, 0.05) is 10.9 Å². The molecule has 1 aromatic rings. The molecule has 16 heavy (non-hydrogen) atoms. The molecule has 0 aliphatic rings. The summed E-state index contributed by atoms with van der Waals surface area (Å²) in [6.45, 7) is 3.58. The van der Waals surface area contributed by atoms with Gasteiger partial charge in [0.2, 0.25) is 5.91 Å². The van der Waals surface area contributed by atoms with Crippen molar-refractivity contribution in [2.45, 2.75) is 12.8 Å². The van der Waals surface area contributed by atoms with Gasteiger partial charge in [-0.05, 0) is 24.6 Å². The molecule has 1 rings (SSSR count). The minimum atomic E-state index is -0.0451. The standard InChI is InChI=1S/C12H14BrNO2/c1-3-4-5-12(15)14-10-8-9(13)6-7-11(10)16-2/h3,6-8H,1,4-5H2,2H3,(H,14,15). The molecule has 0 unspecified atom stereocenters. The molecule has 1 N–H and O–H groups in total. The van der Waals surface area contributed by atoms with Crippen LogP contribution in [0.1, 0.15) is 12.8 Å². The molecule has 0 fully saturated rings. The Bertz CT molecular complexity index is 391. The smallest absolute Gasteiger partial charge is 0.224 e. The van der Waals surface area contributed by atoms with Crippen LogP contribution in [0.3, 0.4) is 0 Å². The number of hydrogen-bond donors (Lipinski definition) is 1. The van der Waals surface area contributed by atoms with E-state index in [1.807, 2.05) is 12.1 Å². The Labute approximate surface area is 104 Å². The zero-order chi connectivity index (χ0) is 12.0. The number of halogens is 1. The number of carbonyl (C=O) groups excluding carboxylic acids is 1. The largest absolute Gasteiger partial charge is 0.495 e. The van der Waals surface area contributed by atoms with Crippen molar-refractivity contribution in [3.63, 3.8) is 0 Å². The molecule has 1 aromatic carbocycles. The third-order valence-electron chi connectivity index (χ3n) is 2.01. The summed E-state index contributed by atoms with van der Waals surface area (Å²) in [7, 11) is 1.57. The van der Waals surface area contributed by atoms with Crippen LogP contribution in [0, 0.1) is 0 Å². The highest BCUT2D eigenvalue weighted by atomic mass is 79.9. The van der Waals surface area contributed by atoms with E-state index in [0.717, 1.165) is 4.47 Å². The summed E-state index contributed by atoms with van der Waals surface area (Å²) in [5.41, 5.74) is 0.672. The number of carbonyl (C=O) groups is 1. The van der Waals surface area contributed by atoms with Crippen LogP contribution in [0.25, 0.3) is 0 Å². The van der Waals surface area contributed by atoms with Gasteiger partial charge in [0.25, 0.3) is 0 Å². The lowest BCUT2D eigenvalue weighted by atomic mass is 10.2. The van der Waals surface area contributed by atoms with Crippen LogP contribution < -0.4 is 10.1 Å². The van der Waals surface area contributed by atoms with E-state index >= 15 is 0 Å². The second kappa shape index (κ2) is 6.33. The van der Waals surface area contributed by atoms with Crippen molar-refractivity contribution in [1.29, 1.82) is 0 Å². The number of nitrogens with one attached hydrogen (secondary N) is 1. The lowest BCUT2D eigenvalue weighted by Crippen LogP contribution is -2.11. The number of ether oxygens (including phenoxy) is 1. The molecule has 0 saturated heterocycles. The fourth-order valence-electron chi connectivity index (χ4n) is 1.22. The van der Waals surface area contributed by atoms with Gasteiger partial charge in [-0.25, -0.2) is 0 Å². The third-order valence-corrected chi connectivity index (χ3v) is 2.50. The van der Waals surface area contributed by atoms with Crippen molar-refractivity contribution in [3.8, 4) is 5.75 Å². The first kappa shape index (κ1) is 12.8. The van der Waals surface area contributed by atoms with E-state index in [1.165, 1.54) is 0 Å². The Hall–Kier alpha value is -1.29. The van der Waals surface area contributed by atoms with Gasteiger partial charge in [-0.3, -0.25) is 4.79 Å². The van der Waals surface area contributed by atoms with Crippen LogP contribution in [0.4, 0.5) is 5.69 Å². The molecule has 0 aliphatic carbocycles. The number of anilines is 1. The van der Waals surface area contributed by atoms with E-state index in [9.17, 15) is 4.79 Å². The molecular weight excluding hydrogens is 270 g/mol. The Morgan fingerprint density at radius 2 is 2.38 bits per heavy atom. The Morgan fingerprint density at radius 1 is 1.62 bits per heavy atom. The van der Waals surface area contributed by atoms with Gasteiger partial charge in [0.15, 0.2) is 0 Å². The summed E-state index contributed by atoms with van der Waals surface area (Å²) in [5.74, 6) is 0.603. The van der Waals surface area contributed by atoms with Crippen molar-refractivity contribution < 1.29 is 9.53 Å². The first-order valence-corrected chi connectivity index (χ1v) is 5.71. The Balaban J connectivity index is 2.74. The second-order valence-electron chi connectivity index (χ2n) is 3.22. The molecular formula is C12H14BrNO2. The highest BCUT2D eigenvalue weighted by Crippen LogP contribution is 2.27. The van der Waals surface area contributed by atoms with E-state index in [-0.39, 0.29) is 5.91 Å². The number of allylic oxidation sites excluding steroid dienone is 1. The van der Waals surface area contributed by atoms with Crippen LogP contribution in [0.15, 0.2) is 35.3 Å². The van der Waals surface area contributed by atoms with Crippen molar-refractivity contribution in [1.82, 2.24) is 0 Å². The third kappa shape index (κ3) is 3.70. The average Bonchev–Trinajstić information content (AvgIpc) is 2.27. The van der Waals surface area contributed by atoms with E-state index in [1.54, 1.807) is 19.3 Å². The topological polar surface area (TPSA) is 38.3 Å². The number of hydrogen-bond acceptors (Lipinski definition) is 2. The lowest BCUT2D eigenvalue weighted by Gasteiger charge is -2.10. The highest BCUT2D eigenvalue weighted by Gasteiger charge is 2.07. The Morgan fingerprint density at radius 3 is 3.00 bits per heavy atom. The molecule has 0 radical (unpaired) electrons. The van der Waals surface area contributed by atoms with E-state index in [2.05, 4.69) is 27.8 Å². The zero-order valence-corrected chi connectivity index (χ0v) is 10.7. The van der Waals surface area contributed by atoms with Gasteiger partial charge in [0.05, 0.1) is 12.8 Å². The van der Waals surface area contributed by atoms with Crippen LogP contribution in [0.5, 0.6) is 5.75 Å². The summed E-state index contributed by atoms with van der Waals surface area (Å²) in [4.78, 5) is 11.5. The quantitative estimate of drug-likeness (QED) is 0.842. The van der Waals surface area contributed by atoms with Crippen LogP contribution in [-0.4, -0.2) is 13.0 Å². The summed E-state index contributed by atoms with van der Waals surface area (Å²) in [6.07, 6.45) is 2.82. The molecule has 3 nitrogen and oxygen atoms in total. The summed E-state index contributed by atoms with van der Waals surface area (Å²) in [6, 6.07) is 5.47. The van der Waals surface area contributed by atoms with Crippen LogP contribution in [0.2, 0.25) is 0 Å². The summed E-state index contributed by atoms with van der Waals surface area (Å²) in [5, 5.41) is 2.80. The monoisotopic (exact) mass is 283 g/mol. The molecule has 0 heterocycles. The van der Waals surface area contributed by atoms with Gasteiger partial charge in [-0.1, -0.05) is 22.0 Å². The molecule has 0 atom stereocenters. The maximum Gasteiger partial charge on any atom is 0.224 e. The molecule has 0 aromatic heterocycles. The SMILES string of the molecule is C=CCCC(=O)Nc1cc(Br)ccc1OC. The van der Waals surface area contributed by atoms with Gasteiger partial charge < -0.3 is 10.1 Å². The predicted molar refractivity (Wildman–Crippen MR) is 68.8 cm³/mol. The molecule has 86 valence electrons. The van der Waals surface area contributed by atoms with Crippen molar-refractivity contribution in [2.24, 2.45) is 0 Å². The lowest BCUT2D eigenvalue weighted by molar-refractivity contribution is -0.116. The molecule has 0 spiro atoms. The Kier molecular flexibility index (Phi) is 5.05. The summed E-state index contributed by atoms with van der Waals surface area (Å²) >= 11 is 3.35. The van der Waals surface area contributed by atoms with E-state index in [4.69, 9.17) is 4.74 Å². The average molecular weight is 284 g/mol. The van der Waals surface area contributed by atoms with E-state index < -0.39 is 0 Å². The van der Waals surface area contributed by atoms with E-state index in [0.29, 0.717) is 24.3 Å². The van der Waals surface area contributed by atoms with Crippen molar-refractivity contribution >= 4 is 27.5 Å². The molecule has 0 aliphatic heterocycles. The normalized spacial score (nSPS) is 9.62. The first-order valence-electron chi connectivity index (χ1n) is 4.91. The van der Waals surface area contributed by atoms with Crippen LogP contribution >= 0.6 is 15.9 Å². The molecule has 1 amide bonds. The second-order valence-corrected chi connectivity index (χ2v) is 4.14. The predicted octanol–water partition coefficient (Wildman–Crippen LogP) is 3.36. The van der Waals surface area contributed by atoms with Gasteiger partial charge in [-0.2, -0.15) is 0 Å². The maximum atomic E-state index is 11.5. The van der Waals surface area contributed by atoms with Crippen molar-refractivity contribution in [3.05, 3.63) is 35.3 Å². The highest BCUT2D eigenvalue weighted by molar-refractivity contribution is 9.10. The molecule has 0 bridgehead atoms. The van der Waals surface area contributed by atoms with Gasteiger partial charge in [-0.15, -0.1) is 6.58 Å². The number of methoxy groups -OCH3 is 1.